The van der Waals surface area contributed by atoms with Crippen LogP contribution in [0.1, 0.15) is 30.7 Å². The number of aromatic nitrogens is 3. The maximum atomic E-state index is 10.6. The van der Waals surface area contributed by atoms with Crippen LogP contribution in [0.5, 0.6) is 6.01 Å². The molecule has 2 aliphatic heterocycles. The third-order valence-electron chi connectivity index (χ3n) is 5.50. The molecule has 0 radical (unpaired) electrons. The van der Waals surface area contributed by atoms with E-state index in [4.69, 9.17) is 19.4 Å². The highest BCUT2D eigenvalue weighted by Gasteiger charge is 2.47. The van der Waals surface area contributed by atoms with E-state index in [0.29, 0.717) is 18.5 Å². The molecular formula is C22H27F3N4O4. The standard InChI is InChI=1S/C20H26N4O2.C2HF3O2/c1-16-5-9-22-19(23-16)25-10-6-17-7-11-26-20(12-17)14-24(15-20)13-18-4-2-3-8-21-18;3-2(4,5)1(6)7/h2-5,8-9,17H,6-7,10-15H2,1H3;(H,6,7). The van der Waals surface area contributed by atoms with E-state index in [-0.39, 0.29) is 5.60 Å². The van der Waals surface area contributed by atoms with Crippen molar-refractivity contribution in [1.29, 1.82) is 0 Å². The number of alkyl halides is 3. The number of aliphatic carboxylic acids is 1. The summed E-state index contributed by atoms with van der Waals surface area (Å²) < 4.78 is 43.6. The molecular weight excluding hydrogens is 441 g/mol. The molecule has 4 heterocycles. The lowest BCUT2D eigenvalue weighted by atomic mass is 9.79. The minimum absolute atomic E-state index is 0.0392. The van der Waals surface area contributed by atoms with Gasteiger partial charge in [-0.2, -0.15) is 13.2 Å². The van der Waals surface area contributed by atoms with Gasteiger partial charge in [0.15, 0.2) is 0 Å². The Morgan fingerprint density at radius 2 is 2.03 bits per heavy atom. The molecule has 2 aliphatic rings. The van der Waals surface area contributed by atoms with Crippen LogP contribution in [-0.4, -0.2) is 69.0 Å². The van der Waals surface area contributed by atoms with E-state index in [2.05, 4.69) is 25.9 Å². The number of aryl methyl sites for hydroxylation is 1. The lowest BCUT2D eigenvalue weighted by Gasteiger charge is -2.53. The molecule has 0 aromatic carbocycles. The van der Waals surface area contributed by atoms with E-state index in [0.717, 1.165) is 56.9 Å². The van der Waals surface area contributed by atoms with Gasteiger partial charge in [-0.15, -0.1) is 0 Å². The lowest BCUT2D eigenvalue weighted by molar-refractivity contribution is -0.192. The number of likely N-dealkylation sites (tertiary alicyclic amines) is 1. The minimum atomic E-state index is -5.08. The van der Waals surface area contributed by atoms with Gasteiger partial charge in [0.25, 0.3) is 0 Å². The Morgan fingerprint density at radius 3 is 2.67 bits per heavy atom. The highest BCUT2D eigenvalue weighted by atomic mass is 19.4. The predicted octanol–water partition coefficient (Wildman–Crippen LogP) is 3.26. The third-order valence-corrected chi connectivity index (χ3v) is 5.50. The van der Waals surface area contributed by atoms with Crippen LogP contribution in [-0.2, 0) is 16.1 Å². The molecule has 2 aromatic heterocycles. The zero-order chi connectivity index (χ0) is 23.9. The summed E-state index contributed by atoms with van der Waals surface area (Å²) in [7, 11) is 0. The first-order valence-corrected chi connectivity index (χ1v) is 10.6. The van der Waals surface area contributed by atoms with Crippen LogP contribution in [0, 0.1) is 12.8 Å². The molecule has 33 heavy (non-hydrogen) atoms. The smallest absolute Gasteiger partial charge is 0.475 e. The van der Waals surface area contributed by atoms with Gasteiger partial charge in [-0.05, 0) is 50.3 Å². The van der Waals surface area contributed by atoms with Crippen LogP contribution in [0.3, 0.4) is 0 Å². The normalized spacial score (nSPS) is 19.8. The molecule has 11 heteroatoms. The fourth-order valence-corrected chi connectivity index (χ4v) is 4.01. The molecule has 2 fully saturated rings. The Morgan fingerprint density at radius 1 is 1.27 bits per heavy atom. The van der Waals surface area contributed by atoms with Gasteiger partial charge < -0.3 is 14.6 Å². The maximum Gasteiger partial charge on any atom is 0.490 e. The summed E-state index contributed by atoms with van der Waals surface area (Å²) in [5.74, 6) is -2.11. The van der Waals surface area contributed by atoms with Crippen molar-refractivity contribution < 1.29 is 32.5 Å². The maximum absolute atomic E-state index is 10.6. The van der Waals surface area contributed by atoms with E-state index < -0.39 is 12.1 Å². The van der Waals surface area contributed by atoms with Crippen molar-refractivity contribution >= 4 is 5.97 Å². The summed E-state index contributed by atoms with van der Waals surface area (Å²) >= 11 is 0. The van der Waals surface area contributed by atoms with E-state index >= 15 is 0 Å². The summed E-state index contributed by atoms with van der Waals surface area (Å²) in [6, 6.07) is 8.45. The van der Waals surface area contributed by atoms with E-state index in [1.807, 2.05) is 31.3 Å². The third kappa shape index (κ3) is 7.64. The van der Waals surface area contributed by atoms with Crippen molar-refractivity contribution in [2.75, 3.05) is 26.3 Å². The number of pyridine rings is 1. The molecule has 4 rings (SSSR count). The summed E-state index contributed by atoms with van der Waals surface area (Å²) in [4.78, 5) is 24.2. The Bertz CT molecular complexity index is 908. The van der Waals surface area contributed by atoms with Crippen molar-refractivity contribution in [1.82, 2.24) is 19.9 Å². The first-order valence-electron chi connectivity index (χ1n) is 10.6. The summed E-state index contributed by atoms with van der Waals surface area (Å²) in [5.41, 5.74) is 2.10. The number of carboxylic acids is 1. The number of ether oxygens (including phenoxy) is 2. The van der Waals surface area contributed by atoms with Gasteiger partial charge in [0.2, 0.25) is 0 Å². The monoisotopic (exact) mass is 468 g/mol. The highest BCUT2D eigenvalue weighted by Crippen LogP contribution is 2.38. The number of carbonyl (C=O) groups is 1. The van der Waals surface area contributed by atoms with Gasteiger partial charge in [0.1, 0.15) is 0 Å². The number of hydrogen-bond donors (Lipinski definition) is 1. The van der Waals surface area contributed by atoms with E-state index in [1.165, 1.54) is 0 Å². The number of halogens is 3. The summed E-state index contributed by atoms with van der Waals surface area (Å²) in [6.45, 7) is 6.38. The van der Waals surface area contributed by atoms with Crippen LogP contribution in [0.15, 0.2) is 36.7 Å². The molecule has 1 N–H and O–H groups in total. The molecule has 1 unspecified atom stereocenters. The van der Waals surface area contributed by atoms with Crippen LogP contribution < -0.4 is 4.74 Å². The van der Waals surface area contributed by atoms with Crippen molar-refractivity contribution in [2.24, 2.45) is 5.92 Å². The molecule has 8 nitrogen and oxygen atoms in total. The first-order chi connectivity index (χ1) is 15.7. The average molecular weight is 468 g/mol. The number of carboxylic acid groups (broad SMARTS) is 1. The highest BCUT2D eigenvalue weighted by molar-refractivity contribution is 5.73. The molecule has 0 bridgehead atoms. The molecule has 0 saturated carbocycles. The van der Waals surface area contributed by atoms with E-state index in [1.54, 1.807) is 6.20 Å². The first kappa shape index (κ1) is 24.8. The van der Waals surface area contributed by atoms with Gasteiger partial charge in [-0.25, -0.2) is 14.8 Å². The fraction of sp³-hybridized carbons (Fsp3) is 0.545. The van der Waals surface area contributed by atoms with Crippen molar-refractivity contribution in [2.45, 2.75) is 44.5 Å². The molecule has 0 amide bonds. The zero-order valence-electron chi connectivity index (χ0n) is 18.3. The largest absolute Gasteiger partial charge is 0.490 e. The van der Waals surface area contributed by atoms with Crippen molar-refractivity contribution in [3.8, 4) is 6.01 Å². The minimum Gasteiger partial charge on any atom is -0.475 e. The molecule has 1 atom stereocenters. The second-order valence-electron chi connectivity index (χ2n) is 8.28. The summed E-state index contributed by atoms with van der Waals surface area (Å²) in [5, 5.41) is 7.12. The van der Waals surface area contributed by atoms with Crippen molar-refractivity contribution in [3.63, 3.8) is 0 Å². The predicted molar refractivity (Wildman–Crippen MR) is 111 cm³/mol. The second kappa shape index (κ2) is 10.9. The van der Waals surface area contributed by atoms with Gasteiger partial charge in [0.05, 0.1) is 17.9 Å². The molecule has 0 aliphatic carbocycles. The topological polar surface area (TPSA) is 97.7 Å². The second-order valence-corrected chi connectivity index (χ2v) is 8.28. The molecule has 2 aromatic rings. The lowest BCUT2D eigenvalue weighted by Crippen LogP contribution is -2.64. The Hall–Kier alpha value is -2.79. The van der Waals surface area contributed by atoms with Gasteiger partial charge in [-0.1, -0.05) is 6.07 Å². The summed E-state index contributed by atoms with van der Waals surface area (Å²) in [6.07, 6.45) is 1.77. The fourth-order valence-electron chi connectivity index (χ4n) is 4.01. The Balaban J connectivity index is 0.000000383. The molecule has 180 valence electrons. The van der Waals surface area contributed by atoms with Gasteiger partial charge in [0, 0.05) is 44.3 Å². The number of nitrogens with zero attached hydrogens (tertiary/aromatic N) is 4. The zero-order valence-corrected chi connectivity index (χ0v) is 18.3. The Kier molecular flexibility index (Phi) is 8.20. The van der Waals surface area contributed by atoms with Crippen LogP contribution >= 0.6 is 0 Å². The van der Waals surface area contributed by atoms with Gasteiger partial charge in [-0.3, -0.25) is 9.88 Å². The van der Waals surface area contributed by atoms with Crippen LogP contribution in [0.4, 0.5) is 13.2 Å². The van der Waals surface area contributed by atoms with E-state index in [9.17, 15) is 13.2 Å². The molecule has 1 spiro atoms. The van der Waals surface area contributed by atoms with Gasteiger partial charge >= 0.3 is 18.2 Å². The quantitative estimate of drug-likeness (QED) is 0.690. The van der Waals surface area contributed by atoms with Crippen molar-refractivity contribution in [3.05, 3.63) is 48.0 Å². The van der Waals surface area contributed by atoms with Crippen LogP contribution in [0.25, 0.3) is 0 Å². The Labute approximate surface area is 189 Å². The SMILES string of the molecule is Cc1ccnc(OCCC2CCOC3(C2)CN(Cc2ccccn2)C3)n1.O=C(O)C(F)(F)F. The average Bonchev–Trinajstić information content (AvgIpc) is 2.74. The van der Waals surface area contributed by atoms with Crippen LogP contribution in [0.2, 0.25) is 0 Å². The number of hydrogen-bond acceptors (Lipinski definition) is 7. The number of rotatable bonds is 6. The molecule has 2 saturated heterocycles.